The zero-order valence-corrected chi connectivity index (χ0v) is 26.3. The number of nitro groups is 1. The fraction of sp³-hybridized carbons (Fsp3) is 0.0625. The first-order valence-corrected chi connectivity index (χ1v) is 14.0. The molecule has 2 aromatic heterocycles. The lowest BCUT2D eigenvalue weighted by atomic mass is 10.3. The number of nitrogens with two attached hydrogens (primary N) is 3. The maximum Gasteiger partial charge on any atom is 0.371 e. The number of anilines is 3. The van der Waals surface area contributed by atoms with Crippen molar-refractivity contribution in [1.82, 2.24) is 19.9 Å². The van der Waals surface area contributed by atoms with Crippen LogP contribution in [0, 0.1) is 33.4 Å². The molecule has 51 heavy (non-hydrogen) atoms. The summed E-state index contributed by atoms with van der Waals surface area (Å²) in [6.07, 6.45) is 2.44. The molecule has 2 heterocycles. The Hall–Kier alpha value is -7.18. The highest BCUT2D eigenvalue weighted by Crippen LogP contribution is 2.21. The number of H-pyrrole nitrogens is 2. The summed E-state index contributed by atoms with van der Waals surface area (Å²) in [4.78, 5) is 62.7. The number of hydrogen-bond acceptors (Lipinski definition) is 12. The molecule has 19 heteroatoms. The molecule has 0 aliphatic heterocycles. The zero-order chi connectivity index (χ0) is 38.1. The Kier molecular flexibility index (Phi) is 15.4. The van der Waals surface area contributed by atoms with Gasteiger partial charge in [0.15, 0.2) is 0 Å². The van der Waals surface area contributed by atoms with E-state index in [2.05, 4.69) is 24.7 Å². The van der Waals surface area contributed by atoms with Gasteiger partial charge in [0, 0.05) is 6.07 Å². The molecule has 6 rings (SSSR count). The van der Waals surface area contributed by atoms with Crippen molar-refractivity contribution in [3.05, 3.63) is 139 Å². The lowest BCUT2D eigenvalue weighted by molar-refractivity contribution is -0.384. The molecular weight excluding hydrogens is 684 g/mol. The maximum atomic E-state index is 12.6. The van der Waals surface area contributed by atoms with E-state index in [1.807, 2.05) is 0 Å². The van der Waals surface area contributed by atoms with E-state index in [1.54, 1.807) is 6.92 Å². The predicted octanol–water partition coefficient (Wildman–Crippen LogP) is 4.18. The second-order valence-electron chi connectivity index (χ2n) is 9.42. The van der Waals surface area contributed by atoms with Gasteiger partial charge in [-0.05, 0) is 67.6 Å². The van der Waals surface area contributed by atoms with Crippen molar-refractivity contribution in [2.24, 2.45) is 0 Å². The average molecular weight is 713 g/mol. The van der Waals surface area contributed by atoms with Crippen molar-refractivity contribution < 1.29 is 36.8 Å². The molecule has 0 radical (unpaired) electrons. The summed E-state index contributed by atoms with van der Waals surface area (Å²) < 4.78 is 54.0. The molecule has 0 saturated carbocycles. The highest BCUT2D eigenvalue weighted by molar-refractivity contribution is 6.20. The van der Waals surface area contributed by atoms with E-state index in [0.717, 1.165) is 24.4 Å². The first-order valence-electron chi connectivity index (χ1n) is 14.0. The fourth-order valence-corrected chi connectivity index (χ4v) is 3.42. The molecule has 0 aliphatic rings. The van der Waals surface area contributed by atoms with Gasteiger partial charge in [0.25, 0.3) is 16.8 Å². The van der Waals surface area contributed by atoms with Gasteiger partial charge in [-0.3, -0.25) is 24.5 Å². The van der Waals surface area contributed by atoms with Crippen molar-refractivity contribution in [1.29, 1.82) is 0 Å². The summed E-state index contributed by atoms with van der Waals surface area (Å²) in [6, 6.07) is 15.0. The summed E-state index contributed by atoms with van der Waals surface area (Å²) in [5, 5.41) is 10.1. The number of rotatable bonds is 3. The van der Waals surface area contributed by atoms with Crippen LogP contribution in [0.25, 0.3) is 22.1 Å². The quantitative estimate of drug-likeness (QED) is 0.0329. The molecule has 4 aromatic carbocycles. The fourth-order valence-electron chi connectivity index (χ4n) is 3.42. The lowest BCUT2D eigenvalue weighted by Gasteiger charge is -1.96. The van der Waals surface area contributed by atoms with E-state index in [0.29, 0.717) is 27.8 Å². The number of aromatic amines is 2. The largest absolute Gasteiger partial charge is 0.460 e. The van der Waals surface area contributed by atoms with Crippen molar-refractivity contribution in [2.75, 3.05) is 23.8 Å². The van der Waals surface area contributed by atoms with Gasteiger partial charge >= 0.3 is 5.97 Å². The highest BCUT2D eigenvalue weighted by Gasteiger charge is 2.11. The number of nitrogens with one attached hydrogen (secondary N) is 2. The molecule has 6 aromatic rings. The van der Waals surface area contributed by atoms with Crippen LogP contribution in [0.5, 0.6) is 0 Å². The molecule has 0 bridgehead atoms. The maximum absolute atomic E-state index is 12.6. The number of esters is 1. The van der Waals surface area contributed by atoms with Gasteiger partial charge in [-0.15, -0.1) is 0 Å². The van der Waals surface area contributed by atoms with Crippen LogP contribution in [-0.4, -0.2) is 43.7 Å². The Morgan fingerprint density at radius 1 is 0.745 bits per heavy atom. The average Bonchev–Trinajstić information content (AvgIpc) is 3.08. The topological polar surface area (TPSA) is 256 Å². The van der Waals surface area contributed by atoms with E-state index in [9.17, 15) is 46.9 Å². The Labute approximate surface area is 283 Å². The predicted molar refractivity (Wildman–Crippen MR) is 180 cm³/mol. The number of benzene rings is 4. The van der Waals surface area contributed by atoms with Crippen LogP contribution < -0.4 is 28.3 Å². The summed E-state index contributed by atoms with van der Waals surface area (Å²) in [6.45, 7) is 1.90. The molecular formula is C32H28F4N8O7. The highest BCUT2D eigenvalue weighted by atomic mass is 19.1. The molecule has 0 atom stereocenters. The number of fused-ring (bicyclic) bond motifs is 2. The number of carbonyl (C=O) groups excluding carboxylic acids is 2. The Morgan fingerprint density at radius 2 is 1.25 bits per heavy atom. The molecule has 0 saturated heterocycles. The number of carbonyl (C=O) groups is 2. The number of hydrogen-bond donors (Lipinski definition) is 5. The van der Waals surface area contributed by atoms with Crippen molar-refractivity contribution in [2.45, 2.75) is 6.92 Å². The van der Waals surface area contributed by atoms with Gasteiger partial charge in [-0.25, -0.2) is 32.3 Å². The number of aldehydes is 1. The zero-order valence-electron chi connectivity index (χ0n) is 26.3. The van der Waals surface area contributed by atoms with E-state index in [-0.39, 0.29) is 52.8 Å². The molecule has 0 spiro atoms. The van der Waals surface area contributed by atoms with Crippen LogP contribution in [0.4, 0.5) is 40.3 Å². The standard InChI is InChI=1S/2C8H5FN2O.C6H5FN2O2.C6H7FN2.C4H6O3/c9-5-1-2-6-7(3-5)10-4-8(12)11-6;9-5-1-2-6-7(3-5)11-8(12)4-10-6;7-4-1-2-5(8)6(3-4)9(10)11;7-4-1-2-5(8)6(9)3-4;1-2-7-4(6)3-5/h2*1-4H,(H,11,12);1-3H,8H2;1-3H,8-9H2;3H,2H2,1H3. The van der Waals surface area contributed by atoms with E-state index in [4.69, 9.17) is 17.2 Å². The Balaban J connectivity index is 0.000000224. The molecule has 0 amide bonds. The number of ether oxygens (including phenoxy) is 1. The van der Waals surface area contributed by atoms with Crippen LogP contribution in [0.1, 0.15) is 6.92 Å². The van der Waals surface area contributed by atoms with Crippen LogP contribution in [-0.2, 0) is 14.3 Å². The third-order valence-corrected chi connectivity index (χ3v) is 5.70. The van der Waals surface area contributed by atoms with Gasteiger partial charge < -0.3 is 31.9 Å². The molecule has 0 unspecified atom stereocenters. The number of nitro benzene ring substituents is 1. The van der Waals surface area contributed by atoms with Crippen molar-refractivity contribution >= 4 is 57.1 Å². The molecule has 0 aliphatic carbocycles. The number of halogens is 4. The minimum atomic E-state index is -0.803. The number of aromatic nitrogens is 4. The smallest absolute Gasteiger partial charge is 0.371 e. The third-order valence-electron chi connectivity index (χ3n) is 5.70. The molecule has 8 N–H and O–H groups in total. The van der Waals surface area contributed by atoms with Gasteiger partial charge in [-0.2, -0.15) is 0 Å². The SMILES string of the molecule is CCOC(=O)C=O.Nc1ccc(F)cc1N.Nc1ccc(F)cc1[N+](=O)[O-].O=c1cnc2cc(F)ccc2[nH]1.O=c1cnc2ccc(F)cc2[nH]1. The van der Waals surface area contributed by atoms with Gasteiger partial charge in [0.1, 0.15) is 29.0 Å². The monoisotopic (exact) mass is 712 g/mol. The lowest BCUT2D eigenvalue weighted by Crippen LogP contribution is -2.04. The van der Waals surface area contributed by atoms with Crippen LogP contribution in [0.2, 0.25) is 0 Å². The third kappa shape index (κ3) is 13.8. The first kappa shape index (κ1) is 40.0. The minimum absolute atomic E-state index is 0.0311. The van der Waals surface area contributed by atoms with E-state index in [1.165, 1.54) is 60.8 Å². The Bertz CT molecular complexity index is 2250. The summed E-state index contributed by atoms with van der Waals surface area (Å²) in [5.41, 5.74) is 17.4. The van der Waals surface area contributed by atoms with Crippen LogP contribution in [0.15, 0.2) is 94.8 Å². The summed E-state index contributed by atoms with van der Waals surface area (Å²) in [7, 11) is 0. The Morgan fingerprint density at radius 3 is 1.78 bits per heavy atom. The van der Waals surface area contributed by atoms with Crippen LogP contribution in [0.3, 0.4) is 0 Å². The summed E-state index contributed by atoms with van der Waals surface area (Å²) >= 11 is 0. The molecule has 0 fully saturated rings. The molecule has 15 nitrogen and oxygen atoms in total. The molecule has 266 valence electrons. The van der Waals surface area contributed by atoms with Gasteiger partial charge in [0.05, 0.1) is 63.4 Å². The normalized spacial score (nSPS) is 9.67. The van der Waals surface area contributed by atoms with E-state index < -0.39 is 22.4 Å². The first-order chi connectivity index (χ1) is 24.1. The number of nitrogen functional groups attached to an aromatic ring is 3. The van der Waals surface area contributed by atoms with Crippen LogP contribution >= 0.6 is 0 Å². The second kappa shape index (κ2) is 19.6. The van der Waals surface area contributed by atoms with Crippen molar-refractivity contribution in [3.8, 4) is 0 Å². The minimum Gasteiger partial charge on any atom is -0.460 e. The van der Waals surface area contributed by atoms with Crippen molar-refractivity contribution in [3.63, 3.8) is 0 Å². The van der Waals surface area contributed by atoms with Gasteiger partial charge in [0.2, 0.25) is 6.29 Å². The summed E-state index contributed by atoms with van der Waals surface area (Å²) in [5.74, 6) is -2.57. The number of nitrogens with zero attached hydrogens (tertiary/aromatic N) is 3. The van der Waals surface area contributed by atoms with Gasteiger partial charge in [-0.1, -0.05) is 0 Å². The van der Waals surface area contributed by atoms with E-state index >= 15 is 0 Å². The second-order valence-corrected chi connectivity index (χ2v) is 9.42.